The Morgan fingerprint density at radius 2 is 1.54 bits per heavy atom. The van der Waals surface area contributed by atoms with Crippen LogP contribution in [0.3, 0.4) is 0 Å². The molecule has 0 fully saturated rings. The van der Waals surface area contributed by atoms with Gasteiger partial charge in [0.25, 0.3) is 0 Å². The Labute approximate surface area is 144 Å². The molecular weight excluding hydrogens is 330 g/mol. The Kier molecular flexibility index (Phi) is 5.68. The lowest BCUT2D eigenvalue weighted by atomic mass is 10.0. The van der Waals surface area contributed by atoms with Gasteiger partial charge in [-0.15, -0.1) is 22.6 Å². The Hall–Kier alpha value is -2.70. The number of halogens is 1. The van der Waals surface area contributed by atoms with E-state index >= 15 is 0 Å². The van der Waals surface area contributed by atoms with Gasteiger partial charge in [0, 0.05) is 11.1 Å². The summed E-state index contributed by atoms with van der Waals surface area (Å²) in [6, 6.07) is 15.9. The van der Waals surface area contributed by atoms with Crippen molar-refractivity contribution in [2.24, 2.45) is 5.73 Å². The van der Waals surface area contributed by atoms with E-state index in [1.165, 1.54) is 0 Å². The summed E-state index contributed by atoms with van der Waals surface area (Å²) in [4.78, 5) is 10.8. The van der Waals surface area contributed by atoms with Crippen molar-refractivity contribution in [3.8, 4) is 22.9 Å². The number of carboxylic acids is 1. The van der Waals surface area contributed by atoms with Crippen molar-refractivity contribution in [1.82, 2.24) is 10.2 Å². The number of hydrogen-bond donors (Lipinski definition) is 2. The quantitative estimate of drug-likeness (QED) is 0.737. The van der Waals surface area contributed by atoms with E-state index in [4.69, 9.17) is 15.3 Å². The highest BCUT2D eigenvalue weighted by atomic mass is 35.5. The zero-order valence-electron chi connectivity index (χ0n) is 12.6. The van der Waals surface area contributed by atoms with Crippen LogP contribution in [0.4, 0.5) is 0 Å². The lowest BCUT2D eigenvalue weighted by molar-refractivity contribution is -0.138. The number of rotatable bonds is 5. The number of hydrogen-bond acceptors (Lipinski definition) is 5. The van der Waals surface area contributed by atoms with Crippen LogP contribution in [0, 0.1) is 0 Å². The zero-order valence-corrected chi connectivity index (χ0v) is 13.4. The SMILES string of the molecule is Cl.N[C@@H](Cc1ccc(-c2nnc(-c3ccccc3)o2)cc1)C(=O)O. The highest BCUT2D eigenvalue weighted by molar-refractivity contribution is 5.85. The molecule has 1 heterocycles. The average Bonchev–Trinajstić information content (AvgIpc) is 3.06. The van der Waals surface area contributed by atoms with Gasteiger partial charge in [-0.3, -0.25) is 4.79 Å². The number of aromatic nitrogens is 2. The van der Waals surface area contributed by atoms with Crippen molar-refractivity contribution >= 4 is 18.4 Å². The molecule has 0 saturated carbocycles. The topological polar surface area (TPSA) is 102 Å². The molecule has 0 radical (unpaired) electrons. The maximum absolute atomic E-state index is 10.8. The average molecular weight is 346 g/mol. The number of nitrogens with two attached hydrogens (primary N) is 1. The van der Waals surface area contributed by atoms with E-state index in [0.29, 0.717) is 11.8 Å². The van der Waals surface area contributed by atoms with Crippen LogP contribution in [0.1, 0.15) is 5.56 Å². The van der Waals surface area contributed by atoms with Crippen LogP contribution in [0.25, 0.3) is 22.9 Å². The smallest absolute Gasteiger partial charge is 0.320 e. The Morgan fingerprint density at radius 3 is 2.08 bits per heavy atom. The predicted octanol–water partition coefficient (Wildman–Crippen LogP) is 2.78. The fraction of sp³-hybridized carbons (Fsp3) is 0.118. The molecule has 1 atom stereocenters. The summed E-state index contributed by atoms with van der Waals surface area (Å²) in [5.74, 6) is -0.144. The highest BCUT2D eigenvalue weighted by Crippen LogP contribution is 2.24. The first kappa shape index (κ1) is 17.7. The fourth-order valence-corrected chi connectivity index (χ4v) is 2.16. The van der Waals surface area contributed by atoms with E-state index in [1.54, 1.807) is 0 Å². The molecule has 0 unspecified atom stereocenters. The first-order chi connectivity index (χ1) is 11.1. The standard InChI is InChI=1S/C17H15N3O3.ClH/c18-14(17(21)22)10-11-6-8-13(9-7-11)16-20-19-15(23-16)12-4-2-1-3-5-12;/h1-9,14H,10,18H2,(H,21,22);1H/t14-;/m0./s1. The number of carboxylic acid groups (broad SMARTS) is 1. The molecule has 24 heavy (non-hydrogen) atoms. The number of carbonyl (C=O) groups is 1. The maximum Gasteiger partial charge on any atom is 0.320 e. The molecule has 0 spiro atoms. The first-order valence-electron chi connectivity index (χ1n) is 7.10. The molecule has 3 rings (SSSR count). The third-order valence-corrected chi connectivity index (χ3v) is 3.42. The van der Waals surface area contributed by atoms with Crippen molar-refractivity contribution < 1.29 is 14.3 Å². The predicted molar refractivity (Wildman–Crippen MR) is 91.7 cm³/mol. The summed E-state index contributed by atoms with van der Waals surface area (Å²) in [6.07, 6.45) is 0.273. The van der Waals surface area contributed by atoms with Gasteiger partial charge < -0.3 is 15.3 Å². The van der Waals surface area contributed by atoms with Gasteiger partial charge in [-0.2, -0.15) is 0 Å². The second-order valence-electron chi connectivity index (χ2n) is 5.12. The number of aliphatic carboxylic acids is 1. The molecular formula is C17H16ClN3O3. The Morgan fingerprint density at radius 1 is 1.00 bits per heavy atom. The highest BCUT2D eigenvalue weighted by Gasteiger charge is 2.13. The van der Waals surface area contributed by atoms with Gasteiger partial charge in [-0.25, -0.2) is 0 Å². The minimum Gasteiger partial charge on any atom is -0.480 e. The minimum atomic E-state index is -1.02. The van der Waals surface area contributed by atoms with Gasteiger partial charge in [0.05, 0.1) is 0 Å². The molecule has 7 heteroatoms. The van der Waals surface area contributed by atoms with Crippen molar-refractivity contribution in [3.05, 3.63) is 60.2 Å². The van der Waals surface area contributed by atoms with Crippen LogP contribution >= 0.6 is 12.4 Å². The minimum absolute atomic E-state index is 0. The molecule has 0 aliphatic rings. The van der Waals surface area contributed by atoms with Crippen molar-refractivity contribution in [3.63, 3.8) is 0 Å². The van der Waals surface area contributed by atoms with Gasteiger partial charge in [0.15, 0.2) is 0 Å². The fourth-order valence-electron chi connectivity index (χ4n) is 2.16. The van der Waals surface area contributed by atoms with Crippen LogP contribution in [-0.4, -0.2) is 27.3 Å². The van der Waals surface area contributed by atoms with E-state index < -0.39 is 12.0 Å². The van der Waals surface area contributed by atoms with E-state index in [1.807, 2.05) is 54.6 Å². The van der Waals surface area contributed by atoms with Crippen LogP contribution < -0.4 is 5.73 Å². The van der Waals surface area contributed by atoms with Crippen molar-refractivity contribution in [1.29, 1.82) is 0 Å². The molecule has 3 aromatic rings. The van der Waals surface area contributed by atoms with Crippen LogP contribution in [0.2, 0.25) is 0 Å². The number of benzene rings is 2. The molecule has 0 saturated heterocycles. The zero-order chi connectivity index (χ0) is 16.2. The van der Waals surface area contributed by atoms with E-state index in [-0.39, 0.29) is 18.8 Å². The monoisotopic (exact) mass is 345 g/mol. The van der Waals surface area contributed by atoms with Crippen LogP contribution in [0.5, 0.6) is 0 Å². The van der Waals surface area contributed by atoms with Crippen molar-refractivity contribution in [2.45, 2.75) is 12.5 Å². The molecule has 0 aliphatic heterocycles. The second-order valence-corrected chi connectivity index (χ2v) is 5.12. The molecule has 6 nitrogen and oxygen atoms in total. The van der Waals surface area contributed by atoms with Gasteiger partial charge in [0.1, 0.15) is 6.04 Å². The third kappa shape index (κ3) is 3.98. The maximum atomic E-state index is 10.8. The summed E-state index contributed by atoms with van der Waals surface area (Å²) in [5, 5.41) is 16.9. The molecule has 0 aliphatic carbocycles. The Balaban J connectivity index is 0.00000208. The number of nitrogens with zero attached hydrogens (tertiary/aromatic N) is 2. The molecule has 0 amide bonds. The van der Waals surface area contributed by atoms with Crippen LogP contribution in [-0.2, 0) is 11.2 Å². The summed E-state index contributed by atoms with van der Waals surface area (Å²) in [5.41, 5.74) is 7.99. The summed E-state index contributed by atoms with van der Waals surface area (Å²) < 4.78 is 5.67. The molecule has 0 bridgehead atoms. The van der Waals surface area contributed by atoms with E-state index in [9.17, 15) is 4.79 Å². The molecule has 3 N–H and O–H groups in total. The second kappa shape index (κ2) is 7.72. The normalized spacial score (nSPS) is 11.5. The molecule has 124 valence electrons. The summed E-state index contributed by atoms with van der Waals surface area (Å²) in [6.45, 7) is 0. The first-order valence-corrected chi connectivity index (χ1v) is 7.10. The van der Waals surface area contributed by atoms with Crippen molar-refractivity contribution in [2.75, 3.05) is 0 Å². The van der Waals surface area contributed by atoms with Gasteiger partial charge >= 0.3 is 5.97 Å². The molecule has 1 aromatic heterocycles. The lowest BCUT2D eigenvalue weighted by Gasteiger charge is -2.06. The lowest BCUT2D eigenvalue weighted by Crippen LogP contribution is -2.32. The van der Waals surface area contributed by atoms with E-state index in [0.717, 1.165) is 16.7 Å². The van der Waals surface area contributed by atoms with E-state index in [2.05, 4.69) is 10.2 Å². The molecule has 2 aromatic carbocycles. The van der Waals surface area contributed by atoms with Gasteiger partial charge in [-0.1, -0.05) is 30.3 Å². The summed E-state index contributed by atoms with van der Waals surface area (Å²) in [7, 11) is 0. The van der Waals surface area contributed by atoms with Gasteiger partial charge in [-0.05, 0) is 36.2 Å². The third-order valence-electron chi connectivity index (χ3n) is 3.42. The van der Waals surface area contributed by atoms with Crippen LogP contribution in [0.15, 0.2) is 59.0 Å². The van der Waals surface area contributed by atoms with Gasteiger partial charge in [0.2, 0.25) is 11.8 Å². The Bertz CT molecular complexity index is 803. The summed E-state index contributed by atoms with van der Waals surface area (Å²) >= 11 is 0. The largest absolute Gasteiger partial charge is 0.480 e.